The second-order valence-corrected chi connectivity index (χ2v) is 4.95. The molecule has 0 aromatic heterocycles. The minimum Gasteiger partial charge on any atom is -0.491 e. The summed E-state index contributed by atoms with van der Waals surface area (Å²) in [5.74, 6) is 0.774. The van der Waals surface area contributed by atoms with Crippen LogP contribution in [0.4, 0.5) is 5.69 Å². The number of aliphatic hydroxyl groups is 1. The predicted molar refractivity (Wildman–Crippen MR) is 82.3 cm³/mol. The summed E-state index contributed by atoms with van der Waals surface area (Å²) in [6.07, 6.45) is 0. The first-order valence-electron chi connectivity index (χ1n) is 6.82. The number of rotatable bonds is 6. The van der Waals surface area contributed by atoms with Gasteiger partial charge in [0.15, 0.2) is 0 Å². The van der Waals surface area contributed by atoms with E-state index < -0.39 is 0 Å². The molecule has 0 aliphatic rings. The third kappa shape index (κ3) is 4.28. The zero-order valence-electron chi connectivity index (χ0n) is 12.0. The normalized spacial score (nSPS) is 10.3. The molecule has 20 heavy (non-hydrogen) atoms. The second-order valence-electron chi connectivity index (χ2n) is 4.95. The van der Waals surface area contributed by atoms with Crippen molar-refractivity contribution in [3.05, 3.63) is 59.2 Å². The highest BCUT2D eigenvalue weighted by Gasteiger charge is 1.98. The molecule has 0 aliphatic heterocycles. The smallest absolute Gasteiger partial charge is 0.119 e. The van der Waals surface area contributed by atoms with Crippen molar-refractivity contribution >= 4 is 5.69 Å². The summed E-state index contributed by atoms with van der Waals surface area (Å²) in [6, 6.07) is 14.3. The first-order chi connectivity index (χ1) is 9.67. The third-order valence-electron chi connectivity index (χ3n) is 2.99. The first kappa shape index (κ1) is 14.4. The van der Waals surface area contributed by atoms with Crippen molar-refractivity contribution in [3.8, 4) is 5.75 Å². The quantitative estimate of drug-likeness (QED) is 0.847. The highest BCUT2D eigenvalue weighted by atomic mass is 16.5. The summed E-state index contributed by atoms with van der Waals surface area (Å²) in [4.78, 5) is 0. The van der Waals surface area contributed by atoms with Gasteiger partial charge >= 0.3 is 0 Å². The monoisotopic (exact) mass is 271 g/mol. The Morgan fingerprint density at radius 1 is 1.00 bits per heavy atom. The van der Waals surface area contributed by atoms with Gasteiger partial charge in [0.2, 0.25) is 0 Å². The van der Waals surface area contributed by atoms with E-state index >= 15 is 0 Å². The van der Waals surface area contributed by atoms with E-state index in [4.69, 9.17) is 9.84 Å². The molecular formula is C17H21NO2. The van der Waals surface area contributed by atoms with Crippen molar-refractivity contribution in [3.63, 3.8) is 0 Å². The van der Waals surface area contributed by atoms with Gasteiger partial charge in [0.05, 0.1) is 6.61 Å². The maximum absolute atomic E-state index is 8.70. The fourth-order valence-electron chi connectivity index (χ4n) is 2.21. The number of ether oxygens (including phenoxy) is 1. The van der Waals surface area contributed by atoms with E-state index in [1.165, 1.54) is 16.7 Å². The van der Waals surface area contributed by atoms with Gasteiger partial charge in [0.25, 0.3) is 0 Å². The SMILES string of the molecule is Cc1cc(C)cc(CNc2ccc(OCCO)cc2)c1. The van der Waals surface area contributed by atoms with Gasteiger partial charge in [0.1, 0.15) is 12.4 Å². The van der Waals surface area contributed by atoms with E-state index in [1.807, 2.05) is 24.3 Å². The van der Waals surface area contributed by atoms with Crippen LogP contribution in [0.5, 0.6) is 5.75 Å². The first-order valence-corrected chi connectivity index (χ1v) is 6.82. The van der Waals surface area contributed by atoms with Crippen LogP contribution in [0.3, 0.4) is 0 Å². The molecule has 0 unspecified atom stereocenters. The molecule has 0 bridgehead atoms. The van der Waals surface area contributed by atoms with Crippen molar-refractivity contribution in [1.29, 1.82) is 0 Å². The lowest BCUT2D eigenvalue weighted by molar-refractivity contribution is 0.201. The van der Waals surface area contributed by atoms with E-state index in [-0.39, 0.29) is 6.61 Å². The van der Waals surface area contributed by atoms with Crippen LogP contribution in [-0.4, -0.2) is 18.3 Å². The summed E-state index contributed by atoms with van der Waals surface area (Å²) in [5, 5.41) is 12.1. The lowest BCUT2D eigenvalue weighted by Crippen LogP contribution is -2.02. The van der Waals surface area contributed by atoms with E-state index in [2.05, 4.69) is 37.4 Å². The second kappa shape index (κ2) is 6.96. The molecule has 3 heteroatoms. The average Bonchev–Trinajstić information content (AvgIpc) is 2.43. The summed E-state index contributed by atoms with van der Waals surface area (Å²) in [5.41, 5.74) is 4.91. The van der Waals surface area contributed by atoms with Gasteiger partial charge in [-0.2, -0.15) is 0 Å². The molecule has 0 heterocycles. The zero-order chi connectivity index (χ0) is 14.4. The third-order valence-corrected chi connectivity index (χ3v) is 2.99. The Labute approximate surface area is 120 Å². The molecule has 0 radical (unpaired) electrons. The maximum atomic E-state index is 8.70. The van der Waals surface area contributed by atoms with Crippen LogP contribution in [0.25, 0.3) is 0 Å². The molecule has 0 spiro atoms. The number of hydrogen-bond acceptors (Lipinski definition) is 3. The van der Waals surface area contributed by atoms with Crippen molar-refractivity contribution in [2.24, 2.45) is 0 Å². The predicted octanol–water partition coefficient (Wildman–Crippen LogP) is 3.29. The molecule has 2 aromatic rings. The van der Waals surface area contributed by atoms with Gasteiger partial charge in [-0.25, -0.2) is 0 Å². The van der Waals surface area contributed by atoms with Crippen molar-refractivity contribution in [2.45, 2.75) is 20.4 Å². The van der Waals surface area contributed by atoms with Crippen LogP contribution >= 0.6 is 0 Å². The standard InChI is InChI=1S/C17H21NO2/c1-13-9-14(2)11-15(10-13)12-18-16-3-5-17(6-4-16)20-8-7-19/h3-6,9-11,18-19H,7-8,12H2,1-2H3. The fraction of sp³-hybridized carbons (Fsp3) is 0.294. The Morgan fingerprint density at radius 2 is 1.65 bits per heavy atom. The number of nitrogens with one attached hydrogen (secondary N) is 1. The summed E-state index contributed by atoms with van der Waals surface area (Å²) in [7, 11) is 0. The van der Waals surface area contributed by atoms with Crippen molar-refractivity contribution < 1.29 is 9.84 Å². The summed E-state index contributed by atoms with van der Waals surface area (Å²) >= 11 is 0. The number of benzene rings is 2. The van der Waals surface area contributed by atoms with Gasteiger partial charge in [-0.1, -0.05) is 29.3 Å². The van der Waals surface area contributed by atoms with Crippen molar-refractivity contribution in [2.75, 3.05) is 18.5 Å². The number of aliphatic hydroxyl groups excluding tert-OH is 1. The molecule has 2 N–H and O–H groups in total. The highest BCUT2D eigenvalue weighted by Crippen LogP contribution is 2.17. The molecule has 0 saturated heterocycles. The number of hydrogen-bond donors (Lipinski definition) is 2. The van der Waals surface area contributed by atoms with Crippen molar-refractivity contribution in [1.82, 2.24) is 0 Å². The minimum atomic E-state index is 0.0344. The highest BCUT2D eigenvalue weighted by molar-refractivity contribution is 5.47. The van der Waals surface area contributed by atoms with E-state index in [0.717, 1.165) is 18.0 Å². The van der Waals surface area contributed by atoms with E-state index in [9.17, 15) is 0 Å². The van der Waals surface area contributed by atoms with Crippen LogP contribution in [0.2, 0.25) is 0 Å². The van der Waals surface area contributed by atoms with Gasteiger partial charge in [-0.15, -0.1) is 0 Å². The van der Waals surface area contributed by atoms with E-state index in [0.29, 0.717) is 6.61 Å². The van der Waals surface area contributed by atoms with E-state index in [1.54, 1.807) is 0 Å². The Bertz CT molecular complexity index is 529. The van der Waals surface area contributed by atoms with Gasteiger partial charge in [-0.05, 0) is 43.7 Å². The average molecular weight is 271 g/mol. The van der Waals surface area contributed by atoms with Crippen LogP contribution in [0.15, 0.2) is 42.5 Å². The molecule has 0 fully saturated rings. The van der Waals surface area contributed by atoms with Gasteiger partial charge in [0, 0.05) is 12.2 Å². The molecule has 2 rings (SSSR count). The fourth-order valence-corrected chi connectivity index (χ4v) is 2.21. The Kier molecular flexibility index (Phi) is 5.02. The van der Waals surface area contributed by atoms with Crippen LogP contribution in [-0.2, 0) is 6.54 Å². The van der Waals surface area contributed by atoms with Crippen LogP contribution < -0.4 is 10.1 Å². The van der Waals surface area contributed by atoms with Crippen LogP contribution in [0, 0.1) is 13.8 Å². The molecular weight excluding hydrogens is 250 g/mol. The molecule has 0 aliphatic carbocycles. The Morgan fingerprint density at radius 3 is 2.25 bits per heavy atom. The lowest BCUT2D eigenvalue weighted by atomic mass is 10.1. The number of aryl methyl sites for hydroxylation is 2. The number of anilines is 1. The van der Waals surface area contributed by atoms with Gasteiger partial charge < -0.3 is 15.2 Å². The Hall–Kier alpha value is -2.00. The minimum absolute atomic E-state index is 0.0344. The molecule has 0 saturated carbocycles. The maximum Gasteiger partial charge on any atom is 0.119 e. The lowest BCUT2D eigenvalue weighted by Gasteiger charge is -2.09. The topological polar surface area (TPSA) is 41.5 Å². The largest absolute Gasteiger partial charge is 0.491 e. The molecule has 2 aromatic carbocycles. The molecule has 106 valence electrons. The molecule has 3 nitrogen and oxygen atoms in total. The summed E-state index contributed by atoms with van der Waals surface area (Å²) in [6.45, 7) is 5.40. The van der Waals surface area contributed by atoms with Gasteiger partial charge in [-0.3, -0.25) is 0 Å². The molecule has 0 amide bonds. The zero-order valence-corrected chi connectivity index (χ0v) is 12.0. The molecule has 0 atom stereocenters. The Balaban J connectivity index is 1.93. The summed E-state index contributed by atoms with van der Waals surface area (Å²) < 4.78 is 5.33. The van der Waals surface area contributed by atoms with Crippen LogP contribution in [0.1, 0.15) is 16.7 Å².